The molecule has 0 unspecified atom stereocenters. The van der Waals surface area contributed by atoms with Gasteiger partial charge in [0.2, 0.25) is 0 Å². The smallest absolute Gasteiger partial charge is 0.274 e. The van der Waals surface area contributed by atoms with Gasteiger partial charge in [0.05, 0.1) is 0 Å². The second kappa shape index (κ2) is 9.96. The molecular weight excluding hydrogens is 400 g/mol. The van der Waals surface area contributed by atoms with Crippen molar-refractivity contribution in [2.75, 3.05) is 42.9 Å². The number of anilines is 2. The van der Waals surface area contributed by atoms with E-state index in [0.29, 0.717) is 11.7 Å². The topological polar surface area (TPSA) is 73.4 Å². The molecule has 0 radical (unpaired) electrons. The molecule has 2 saturated heterocycles. The predicted octanol–water partition coefficient (Wildman–Crippen LogP) is 3.16. The maximum Gasteiger partial charge on any atom is 0.274 e. The fourth-order valence-electron chi connectivity index (χ4n) is 5.45. The van der Waals surface area contributed by atoms with Gasteiger partial charge >= 0.3 is 0 Å². The molecular formula is C25H34N6O. The van der Waals surface area contributed by atoms with Crippen LogP contribution in [-0.4, -0.2) is 65.6 Å². The molecule has 2 N–H and O–H groups in total. The molecule has 1 saturated carbocycles. The Morgan fingerprint density at radius 3 is 2.69 bits per heavy atom. The molecule has 2 aromatic heterocycles. The first-order chi connectivity index (χ1) is 15.7. The van der Waals surface area contributed by atoms with Gasteiger partial charge in [0.1, 0.15) is 11.5 Å². The predicted molar refractivity (Wildman–Crippen MR) is 127 cm³/mol. The highest BCUT2D eigenvalue weighted by molar-refractivity contribution is 6.03. The third kappa shape index (κ3) is 5.10. The van der Waals surface area contributed by atoms with Gasteiger partial charge in [-0.05, 0) is 69.0 Å². The number of nitrogens with one attached hydrogen (secondary N) is 2. The largest absolute Gasteiger partial charge is 0.355 e. The van der Waals surface area contributed by atoms with E-state index in [4.69, 9.17) is 0 Å². The summed E-state index contributed by atoms with van der Waals surface area (Å²) in [6.07, 6.45) is 11.4. The van der Waals surface area contributed by atoms with E-state index in [2.05, 4.69) is 30.4 Å². The van der Waals surface area contributed by atoms with Crippen LogP contribution in [0.15, 0.2) is 42.7 Å². The summed E-state index contributed by atoms with van der Waals surface area (Å²) in [7, 11) is 0. The molecule has 1 amide bonds. The summed E-state index contributed by atoms with van der Waals surface area (Å²) in [4.78, 5) is 26.2. The zero-order valence-corrected chi connectivity index (χ0v) is 18.7. The lowest BCUT2D eigenvalue weighted by molar-refractivity contribution is 0.102. The Balaban J connectivity index is 1.10. The Kier molecular flexibility index (Phi) is 6.64. The zero-order chi connectivity index (χ0) is 21.8. The first kappa shape index (κ1) is 21.3. The number of amides is 1. The van der Waals surface area contributed by atoms with Gasteiger partial charge in [-0.2, -0.15) is 0 Å². The van der Waals surface area contributed by atoms with Gasteiger partial charge in [-0.15, -0.1) is 0 Å². The average molecular weight is 435 g/mol. The minimum Gasteiger partial charge on any atom is -0.355 e. The van der Waals surface area contributed by atoms with Crippen LogP contribution in [0.25, 0.3) is 0 Å². The number of hydrogen-bond donors (Lipinski definition) is 2. The van der Waals surface area contributed by atoms with Crippen LogP contribution in [0.3, 0.4) is 0 Å². The van der Waals surface area contributed by atoms with Gasteiger partial charge in [-0.25, -0.2) is 4.98 Å². The number of likely N-dealkylation sites (tertiary alicyclic amines) is 1. The van der Waals surface area contributed by atoms with Crippen LogP contribution in [0.1, 0.15) is 49.0 Å². The average Bonchev–Trinajstić information content (AvgIpc) is 3.60. The molecule has 7 nitrogen and oxygen atoms in total. The lowest BCUT2D eigenvalue weighted by atomic mass is 10.1. The van der Waals surface area contributed by atoms with E-state index in [1.54, 1.807) is 30.6 Å². The molecule has 32 heavy (non-hydrogen) atoms. The number of nitrogens with zero attached hydrogens (tertiary/aromatic N) is 4. The molecule has 170 valence electrons. The summed E-state index contributed by atoms with van der Waals surface area (Å²) in [5.74, 6) is 1.47. The Hall–Kier alpha value is -2.51. The normalized spacial score (nSPS) is 24.3. The van der Waals surface area contributed by atoms with Crippen molar-refractivity contribution >= 4 is 17.4 Å². The van der Waals surface area contributed by atoms with E-state index in [-0.39, 0.29) is 5.91 Å². The SMILES string of the molecule is O=C(Nc1ccncc1)c1cccc(N2CC[C@@H](NC[C@H]3CCN(C4CCCC4)C3)C2)n1. The third-order valence-electron chi connectivity index (χ3n) is 7.27. The number of rotatable bonds is 7. The second-order valence-electron chi connectivity index (χ2n) is 9.50. The summed E-state index contributed by atoms with van der Waals surface area (Å²) < 4.78 is 0. The highest BCUT2D eigenvalue weighted by Gasteiger charge is 2.31. The summed E-state index contributed by atoms with van der Waals surface area (Å²) in [6.45, 7) is 5.58. The van der Waals surface area contributed by atoms with E-state index >= 15 is 0 Å². The number of pyridine rings is 2. The Morgan fingerprint density at radius 1 is 1.00 bits per heavy atom. The molecule has 3 fully saturated rings. The third-order valence-corrected chi connectivity index (χ3v) is 7.27. The maximum absolute atomic E-state index is 12.6. The van der Waals surface area contributed by atoms with Crippen LogP contribution in [0.4, 0.5) is 11.5 Å². The van der Waals surface area contributed by atoms with Crippen LogP contribution in [0, 0.1) is 5.92 Å². The summed E-state index contributed by atoms with van der Waals surface area (Å²) >= 11 is 0. The van der Waals surface area contributed by atoms with Crippen LogP contribution in [0.2, 0.25) is 0 Å². The van der Waals surface area contributed by atoms with E-state index in [9.17, 15) is 4.79 Å². The highest BCUT2D eigenvalue weighted by Crippen LogP contribution is 2.28. The van der Waals surface area contributed by atoms with Crippen molar-refractivity contribution < 1.29 is 4.79 Å². The molecule has 2 atom stereocenters. The lowest BCUT2D eigenvalue weighted by Gasteiger charge is -2.24. The van der Waals surface area contributed by atoms with Crippen molar-refractivity contribution in [2.24, 2.45) is 5.92 Å². The van der Waals surface area contributed by atoms with Crippen LogP contribution in [0.5, 0.6) is 0 Å². The van der Waals surface area contributed by atoms with E-state index in [0.717, 1.165) is 49.5 Å². The minimum atomic E-state index is -0.194. The van der Waals surface area contributed by atoms with E-state index in [1.165, 1.54) is 45.2 Å². The number of carbonyl (C=O) groups is 1. The Bertz CT molecular complexity index is 900. The van der Waals surface area contributed by atoms with E-state index in [1.807, 2.05) is 12.1 Å². The van der Waals surface area contributed by atoms with Gasteiger partial charge in [-0.3, -0.25) is 9.78 Å². The van der Waals surface area contributed by atoms with E-state index < -0.39 is 0 Å². The molecule has 5 rings (SSSR count). The van der Waals surface area contributed by atoms with Crippen molar-refractivity contribution in [1.82, 2.24) is 20.2 Å². The summed E-state index contributed by atoms with van der Waals surface area (Å²) in [6, 6.07) is 10.6. The molecule has 0 aromatic carbocycles. The lowest BCUT2D eigenvalue weighted by Crippen LogP contribution is -2.37. The molecule has 7 heteroatoms. The van der Waals surface area contributed by atoms with Crippen molar-refractivity contribution in [2.45, 2.75) is 50.6 Å². The molecule has 0 bridgehead atoms. The van der Waals surface area contributed by atoms with Gasteiger partial charge in [0.15, 0.2) is 0 Å². The van der Waals surface area contributed by atoms with Crippen molar-refractivity contribution in [1.29, 1.82) is 0 Å². The van der Waals surface area contributed by atoms with Gasteiger partial charge < -0.3 is 20.4 Å². The van der Waals surface area contributed by atoms with Crippen LogP contribution < -0.4 is 15.5 Å². The fraction of sp³-hybridized carbons (Fsp3) is 0.560. The van der Waals surface area contributed by atoms with Crippen molar-refractivity contribution in [3.8, 4) is 0 Å². The quantitative estimate of drug-likeness (QED) is 0.697. The maximum atomic E-state index is 12.6. The Morgan fingerprint density at radius 2 is 1.84 bits per heavy atom. The first-order valence-electron chi connectivity index (χ1n) is 12.2. The summed E-state index contributed by atoms with van der Waals surface area (Å²) in [5.41, 5.74) is 1.16. The van der Waals surface area contributed by atoms with Crippen molar-refractivity contribution in [3.63, 3.8) is 0 Å². The second-order valence-corrected chi connectivity index (χ2v) is 9.50. The fourth-order valence-corrected chi connectivity index (χ4v) is 5.45. The van der Waals surface area contributed by atoms with Gasteiger partial charge in [0, 0.05) is 49.8 Å². The number of carbonyl (C=O) groups excluding carboxylic acids is 1. The zero-order valence-electron chi connectivity index (χ0n) is 18.7. The van der Waals surface area contributed by atoms with Gasteiger partial charge in [-0.1, -0.05) is 18.9 Å². The molecule has 3 aliphatic rings. The van der Waals surface area contributed by atoms with Crippen LogP contribution in [-0.2, 0) is 0 Å². The van der Waals surface area contributed by atoms with Crippen LogP contribution >= 0.6 is 0 Å². The summed E-state index contributed by atoms with van der Waals surface area (Å²) in [5, 5.41) is 6.71. The Labute approximate surface area is 190 Å². The molecule has 2 aliphatic heterocycles. The number of aromatic nitrogens is 2. The first-order valence-corrected chi connectivity index (χ1v) is 12.2. The molecule has 0 spiro atoms. The van der Waals surface area contributed by atoms with Crippen molar-refractivity contribution in [3.05, 3.63) is 48.4 Å². The molecule has 2 aromatic rings. The van der Waals surface area contributed by atoms with Gasteiger partial charge in [0.25, 0.3) is 5.91 Å². The highest BCUT2D eigenvalue weighted by atomic mass is 16.1. The molecule has 4 heterocycles. The minimum absolute atomic E-state index is 0.194. The monoisotopic (exact) mass is 434 g/mol. The molecule has 1 aliphatic carbocycles. The number of hydrogen-bond acceptors (Lipinski definition) is 6. The standard InChI is InChI=1S/C25H34N6O/c32-25(28-20-8-12-26-13-9-20)23-6-3-7-24(29-23)31-15-11-21(18-31)27-16-19-10-14-30(17-19)22-4-1-2-5-22/h3,6-9,12-13,19,21-22,27H,1-2,4-5,10-11,14-18H2,(H,26,28,32)/t19-,21-/m1/s1.